The van der Waals surface area contributed by atoms with Gasteiger partial charge in [0.1, 0.15) is 11.5 Å². The molecule has 1 heterocycles. The molecule has 3 rings (SSSR count). The van der Waals surface area contributed by atoms with E-state index >= 15 is 0 Å². The zero-order chi connectivity index (χ0) is 24.0. The summed E-state index contributed by atoms with van der Waals surface area (Å²) in [4.78, 5) is 13.9. The van der Waals surface area contributed by atoms with Crippen LogP contribution >= 0.6 is 11.6 Å². The standard InChI is InChI=1S/C25H27ClN6O/c1-5-29-25-23(17(2)27)24(18-8-10-19(26)11-9-18)30-32(25)21-14-12-20(13-15-21)31(4)22(33)7-6-16-28-3/h5-15,27-29H,1,16H2,2-4H3/b7-6+,27-17?. The first-order valence-electron chi connectivity index (χ1n) is 10.4. The average Bonchev–Trinajstić information content (AvgIpc) is 3.19. The van der Waals surface area contributed by atoms with Crippen LogP contribution in [0.15, 0.2) is 73.5 Å². The Bertz CT molecular complexity index is 1180. The third kappa shape index (κ3) is 5.39. The van der Waals surface area contributed by atoms with Gasteiger partial charge in [-0.05, 0) is 56.6 Å². The zero-order valence-electron chi connectivity index (χ0n) is 18.9. The van der Waals surface area contributed by atoms with Crippen LogP contribution < -0.4 is 15.5 Å². The molecule has 0 aliphatic heterocycles. The van der Waals surface area contributed by atoms with Gasteiger partial charge in [-0.2, -0.15) is 5.10 Å². The first-order chi connectivity index (χ1) is 15.9. The van der Waals surface area contributed by atoms with Gasteiger partial charge in [0.05, 0.1) is 11.3 Å². The van der Waals surface area contributed by atoms with Crippen LogP contribution in [0.4, 0.5) is 11.5 Å². The number of carbonyl (C=O) groups is 1. The number of nitrogens with one attached hydrogen (secondary N) is 3. The molecule has 2 aromatic carbocycles. The van der Waals surface area contributed by atoms with Gasteiger partial charge in [0, 0.05) is 41.7 Å². The molecule has 3 aromatic rings. The summed E-state index contributed by atoms with van der Waals surface area (Å²) in [7, 11) is 3.56. The van der Waals surface area contributed by atoms with Gasteiger partial charge < -0.3 is 20.9 Å². The molecule has 33 heavy (non-hydrogen) atoms. The van der Waals surface area contributed by atoms with Gasteiger partial charge in [0.25, 0.3) is 0 Å². The molecule has 0 unspecified atom stereocenters. The van der Waals surface area contributed by atoms with Crippen LogP contribution in [0, 0.1) is 5.41 Å². The molecular formula is C25H27ClN6O. The van der Waals surface area contributed by atoms with Gasteiger partial charge in [-0.1, -0.05) is 36.4 Å². The van der Waals surface area contributed by atoms with E-state index in [1.165, 1.54) is 0 Å². The lowest BCUT2D eigenvalue weighted by Gasteiger charge is -2.16. The molecule has 8 heteroatoms. The number of rotatable bonds is 9. The van der Waals surface area contributed by atoms with Crippen LogP contribution in [-0.4, -0.2) is 42.0 Å². The minimum atomic E-state index is -0.113. The number of amides is 1. The molecule has 1 aromatic heterocycles. The Kier molecular flexibility index (Phi) is 7.82. The fraction of sp³-hybridized carbons (Fsp3) is 0.160. The SMILES string of the molecule is C=CNc1c(C(C)=N)c(-c2ccc(Cl)cc2)nn1-c1ccc(N(C)C(=O)/C=C/CNC)cc1. The molecule has 0 saturated heterocycles. The van der Waals surface area contributed by atoms with Crippen LogP contribution in [0.1, 0.15) is 12.5 Å². The Morgan fingerprint density at radius 2 is 1.88 bits per heavy atom. The maximum atomic E-state index is 12.4. The molecule has 0 atom stereocenters. The van der Waals surface area contributed by atoms with Crippen molar-refractivity contribution in [3.05, 3.63) is 84.0 Å². The molecule has 3 N–H and O–H groups in total. The Hall–Kier alpha value is -3.68. The normalized spacial score (nSPS) is 10.9. The zero-order valence-corrected chi connectivity index (χ0v) is 19.6. The number of aromatic nitrogens is 2. The molecule has 0 radical (unpaired) electrons. The maximum Gasteiger partial charge on any atom is 0.250 e. The van der Waals surface area contributed by atoms with Crippen molar-refractivity contribution >= 4 is 34.7 Å². The predicted molar refractivity (Wildman–Crippen MR) is 137 cm³/mol. The van der Waals surface area contributed by atoms with E-state index in [1.807, 2.05) is 43.4 Å². The predicted octanol–water partition coefficient (Wildman–Crippen LogP) is 4.87. The topological polar surface area (TPSA) is 86.0 Å². The Balaban J connectivity index is 2.02. The highest BCUT2D eigenvalue weighted by atomic mass is 35.5. The van der Waals surface area contributed by atoms with E-state index in [4.69, 9.17) is 22.1 Å². The van der Waals surface area contributed by atoms with Crippen molar-refractivity contribution in [3.63, 3.8) is 0 Å². The summed E-state index contributed by atoms with van der Waals surface area (Å²) < 4.78 is 1.73. The van der Waals surface area contributed by atoms with Gasteiger partial charge in [0.15, 0.2) is 0 Å². The monoisotopic (exact) mass is 462 g/mol. The van der Waals surface area contributed by atoms with Crippen LogP contribution in [0.2, 0.25) is 5.02 Å². The largest absolute Gasteiger partial charge is 0.347 e. The van der Waals surface area contributed by atoms with E-state index in [1.54, 1.807) is 54.0 Å². The van der Waals surface area contributed by atoms with Crippen LogP contribution in [0.25, 0.3) is 16.9 Å². The molecule has 7 nitrogen and oxygen atoms in total. The summed E-state index contributed by atoms with van der Waals surface area (Å²) in [6.45, 7) is 6.13. The first-order valence-corrected chi connectivity index (χ1v) is 10.8. The third-order valence-electron chi connectivity index (χ3n) is 5.01. The van der Waals surface area contributed by atoms with Crippen molar-refractivity contribution < 1.29 is 4.79 Å². The fourth-order valence-electron chi connectivity index (χ4n) is 3.33. The van der Waals surface area contributed by atoms with E-state index in [2.05, 4.69) is 17.2 Å². The van der Waals surface area contributed by atoms with E-state index < -0.39 is 0 Å². The molecule has 0 fully saturated rings. The molecule has 170 valence electrons. The van der Waals surface area contributed by atoms with Crippen LogP contribution in [-0.2, 0) is 4.79 Å². The minimum Gasteiger partial charge on any atom is -0.347 e. The summed E-state index contributed by atoms with van der Waals surface area (Å²) in [6.07, 6.45) is 4.88. The summed E-state index contributed by atoms with van der Waals surface area (Å²) in [5, 5.41) is 19.9. The number of carbonyl (C=O) groups excluding carboxylic acids is 1. The highest BCUT2D eigenvalue weighted by Crippen LogP contribution is 2.32. The number of likely N-dealkylation sites (N-methyl/N-ethyl adjacent to an activating group) is 2. The third-order valence-corrected chi connectivity index (χ3v) is 5.26. The van der Waals surface area contributed by atoms with E-state index in [9.17, 15) is 4.79 Å². The second-order valence-electron chi connectivity index (χ2n) is 7.34. The van der Waals surface area contributed by atoms with Gasteiger partial charge in [-0.3, -0.25) is 4.79 Å². The van der Waals surface area contributed by atoms with Gasteiger partial charge >= 0.3 is 0 Å². The second kappa shape index (κ2) is 10.8. The number of hydrogen-bond acceptors (Lipinski definition) is 5. The Morgan fingerprint density at radius 1 is 1.21 bits per heavy atom. The van der Waals surface area contributed by atoms with E-state index in [-0.39, 0.29) is 5.91 Å². The number of anilines is 2. The lowest BCUT2D eigenvalue weighted by Crippen LogP contribution is -2.24. The quantitative estimate of drug-likeness (QED) is 0.312. The highest BCUT2D eigenvalue weighted by molar-refractivity contribution is 6.30. The summed E-state index contributed by atoms with van der Waals surface area (Å²) >= 11 is 6.05. The van der Waals surface area contributed by atoms with Crippen molar-refractivity contribution in [2.75, 3.05) is 30.9 Å². The van der Waals surface area contributed by atoms with E-state index in [0.717, 1.165) is 16.9 Å². The maximum absolute atomic E-state index is 12.4. The number of benzene rings is 2. The lowest BCUT2D eigenvalue weighted by molar-refractivity contribution is -0.113. The van der Waals surface area contributed by atoms with Crippen LogP contribution in [0.5, 0.6) is 0 Å². The minimum absolute atomic E-state index is 0.113. The average molecular weight is 463 g/mol. The van der Waals surface area contributed by atoms with Crippen molar-refractivity contribution in [1.29, 1.82) is 5.41 Å². The van der Waals surface area contributed by atoms with E-state index in [0.29, 0.717) is 34.4 Å². The fourth-order valence-corrected chi connectivity index (χ4v) is 3.46. The number of nitrogens with zero attached hydrogens (tertiary/aromatic N) is 3. The second-order valence-corrected chi connectivity index (χ2v) is 7.77. The van der Waals surface area contributed by atoms with Gasteiger partial charge in [0.2, 0.25) is 5.91 Å². The molecule has 0 bridgehead atoms. The highest BCUT2D eigenvalue weighted by Gasteiger charge is 2.21. The molecular weight excluding hydrogens is 436 g/mol. The van der Waals surface area contributed by atoms with Crippen LogP contribution in [0.3, 0.4) is 0 Å². The Labute approximate surface area is 198 Å². The summed E-state index contributed by atoms with van der Waals surface area (Å²) in [6, 6.07) is 14.8. The molecule has 0 aliphatic rings. The van der Waals surface area contributed by atoms with Crippen molar-refractivity contribution in [2.45, 2.75) is 6.92 Å². The Morgan fingerprint density at radius 3 is 2.45 bits per heavy atom. The van der Waals surface area contributed by atoms with Crippen molar-refractivity contribution in [2.24, 2.45) is 0 Å². The number of halogens is 1. The lowest BCUT2D eigenvalue weighted by atomic mass is 10.0. The van der Waals surface area contributed by atoms with Gasteiger partial charge in [-0.15, -0.1) is 0 Å². The van der Waals surface area contributed by atoms with Gasteiger partial charge in [-0.25, -0.2) is 4.68 Å². The summed E-state index contributed by atoms with van der Waals surface area (Å²) in [5.41, 5.74) is 4.08. The molecule has 0 saturated carbocycles. The number of hydrogen-bond donors (Lipinski definition) is 3. The van der Waals surface area contributed by atoms with Crippen molar-refractivity contribution in [3.8, 4) is 16.9 Å². The molecule has 0 spiro atoms. The van der Waals surface area contributed by atoms with Crippen molar-refractivity contribution in [1.82, 2.24) is 15.1 Å². The first kappa shape index (κ1) is 24.0. The molecule has 0 aliphatic carbocycles. The summed E-state index contributed by atoms with van der Waals surface area (Å²) in [5.74, 6) is 0.521. The smallest absolute Gasteiger partial charge is 0.250 e. The molecule has 1 amide bonds.